The Bertz CT molecular complexity index is 1310. The Hall–Kier alpha value is -3.95. The van der Waals surface area contributed by atoms with Gasteiger partial charge in [0.2, 0.25) is 0 Å². The zero-order valence-electron chi connectivity index (χ0n) is 16.0. The van der Waals surface area contributed by atoms with Gasteiger partial charge >= 0.3 is 6.03 Å². The lowest BCUT2D eigenvalue weighted by Gasteiger charge is -2.26. The van der Waals surface area contributed by atoms with E-state index in [2.05, 4.69) is 5.32 Å². The average molecular weight is 471 g/mol. The van der Waals surface area contributed by atoms with Crippen LogP contribution < -0.4 is 10.2 Å². The van der Waals surface area contributed by atoms with Crippen LogP contribution in [0.3, 0.4) is 0 Å². The molecule has 1 aliphatic heterocycles. The fourth-order valence-corrected chi connectivity index (χ4v) is 3.56. The van der Waals surface area contributed by atoms with E-state index in [-0.39, 0.29) is 22.0 Å². The van der Waals surface area contributed by atoms with Gasteiger partial charge < -0.3 is 4.57 Å². The van der Waals surface area contributed by atoms with Gasteiger partial charge in [0.25, 0.3) is 17.5 Å². The number of urea groups is 1. The lowest BCUT2D eigenvalue weighted by atomic mass is 10.1. The molecule has 1 N–H and O–H groups in total. The molecule has 11 heteroatoms. The number of barbiturate groups is 1. The maximum atomic E-state index is 13.0. The molecule has 0 atom stereocenters. The summed E-state index contributed by atoms with van der Waals surface area (Å²) >= 11 is 12.1. The van der Waals surface area contributed by atoms with Crippen LogP contribution in [0, 0.1) is 10.1 Å². The normalized spacial score (nSPS) is 15.2. The molecule has 1 aliphatic rings. The summed E-state index contributed by atoms with van der Waals surface area (Å²) in [6.45, 7) is 0. The Kier molecular flexibility index (Phi) is 5.52. The van der Waals surface area contributed by atoms with Gasteiger partial charge in [0.05, 0.1) is 21.3 Å². The number of hydrogen-bond acceptors (Lipinski definition) is 5. The van der Waals surface area contributed by atoms with Gasteiger partial charge in [-0.05, 0) is 48.5 Å². The highest BCUT2D eigenvalue weighted by molar-refractivity contribution is 6.39. The number of hydrogen-bond donors (Lipinski definition) is 1. The Balaban J connectivity index is 1.74. The maximum absolute atomic E-state index is 13.0. The van der Waals surface area contributed by atoms with Crippen LogP contribution in [0.2, 0.25) is 10.0 Å². The fraction of sp³-hybridized carbons (Fsp3) is 0. The van der Waals surface area contributed by atoms with Crippen molar-refractivity contribution in [3.63, 3.8) is 0 Å². The predicted molar refractivity (Wildman–Crippen MR) is 118 cm³/mol. The molecule has 4 rings (SSSR count). The van der Waals surface area contributed by atoms with Gasteiger partial charge in [-0.3, -0.25) is 25.0 Å². The number of aromatic nitrogens is 1. The molecule has 3 aromatic rings. The van der Waals surface area contributed by atoms with Gasteiger partial charge in [-0.15, -0.1) is 0 Å². The number of nitro groups is 1. The second-order valence-electron chi connectivity index (χ2n) is 6.63. The SMILES string of the molecule is O=C1NC(=O)N(c2ccc(Cl)cc2)C(=O)/C1=C\c1cccn1-c1ccc([N+](=O)[O-])cc1Cl. The third-order valence-electron chi connectivity index (χ3n) is 4.66. The smallest absolute Gasteiger partial charge is 0.316 e. The van der Waals surface area contributed by atoms with Crippen molar-refractivity contribution in [3.05, 3.63) is 92.2 Å². The molecule has 160 valence electrons. The minimum atomic E-state index is -0.881. The second kappa shape index (κ2) is 8.29. The van der Waals surface area contributed by atoms with Crippen molar-refractivity contribution in [2.45, 2.75) is 0 Å². The van der Waals surface area contributed by atoms with Gasteiger partial charge in [0.15, 0.2) is 0 Å². The minimum absolute atomic E-state index is 0.104. The van der Waals surface area contributed by atoms with Crippen LogP contribution in [0.4, 0.5) is 16.2 Å². The summed E-state index contributed by atoms with van der Waals surface area (Å²) in [5.74, 6) is -1.67. The summed E-state index contributed by atoms with van der Waals surface area (Å²) in [6, 6.07) is 12.3. The molecule has 0 unspecified atom stereocenters. The van der Waals surface area contributed by atoms with Crippen LogP contribution in [0.15, 0.2) is 66.4 Å². The standard InChI is InChI=1S/C21H12Cl2N4O5/c22-12-3-5-13(6-4-12)26-20(29)16(19(28)24-21(26)30)10-14-2-1-9-25(14)18-8-7-15(27(31)32)11-17(18)23/h1-11H,(H,24,28,30)/b16-10-. The Morgan fingerprint density at radius 2 is 1.72 bits per heavy atom. The third kappa shape index (κ3) is 3.86. The second-order valence-corrected chi connectivity index (χ2v) is 7.47. The number of nitro benzene ring substituents is 1. The zero-order chi connectivity index (χ0) is 23.0. The molecule has 0 bridgehead atoms. The number of non-ortho nitro benzene ring substituents is 1. The molecule has 1 aromatic heterocycles. The van der Waals surface area contributed by atoms with E-state index in [1.807, 2.05) is 0 Å². The monoisotopic (exact) mass is 470 g/mol. The molecule has 4 amide bonds. The maximum Gasteiger partial charge on any atom is 0.335 e. The third-order valence-corrected chi connectivity index (χ3v) is 5.22. The average Bonchev–Trinajstić information content (AvgIpc) is 3.20. The zero-order valence-corrected chi connectivity index (χ0v) is 17.5. The van der Waals surface area contributed by atoms with E-state index in [1.165, 1.54) is 48.5 Å². The van der Waals surface area contributed by atoms with E-state index in [0.29, 0.717) is 16.4 Å². The van der Waals surface area contributed by atoms with Crippen molar-refractivity contribution < 1.29 is 19.3 Å². The molecule has 1 saturated heterocycles. The van der Waals surface area contributed by atoms with E-state index in [9.17, 15) is 24.5 Å². The number of nitrogens with one attached hydrogen (secondary N) is 1. The molecule has 1 fully saturated rings. The van der Waals surface area contributed by atoms with Crippen LogP contribution in [0.25, 0.3) is 11.8 Å². The number of rotatable bonds is 4. The van der Waals surface area contributed by atoms with Crippen LogP contribution in [-0.4, -0.2) is 27.3 Å². The van der Waals surface area contributed by atoms with Gasteiger partial charge in [-0.2, -0.15) is 0 Å². The summed E-state index contributed by atoms with van der Waals surface area (Å²) in [6.07, 6.45) is 2.93. The van der Waals surface area contributed by atoms with E-state index in [4.69, 9.17) is 23.2 Å². The molecule has 9 nitrogen and oxygen atoms in total. The first-order valence-corrected chi connectivity index (χ1v) is 9.80. The topological polar surface area (TPSA) is 115 Å². The van der Waals surface area contributed by atoms with E-state index < -0.39 is 22.8 Å². The summed E-state index contributed by atoms with van der Waals surface area (Å²) in [5.41, 5.74) is 0.583. The minimum Gasteiger partial charge on any atom is -0.316 e. The van der Waals surface area contributed by atoms with E-state index in [1.54, 1.807) is 22.9 Å². The summed E-state index contributed by atoms with van der Waals surface area (Å²) < 4.78 is 1.56. The van der Waals surface area contributed by atoms with E-state index in [0.717, 1.165) is 4.90 Å². The quantitative estimate of drug-likeness (QED) is 0.263. The fourth-order valence-electron chi connectivity index (χ4n) is 3.17. The molecule has 0 aliphatic carbocycles. The Morgan fingerprint density at radius 3 is 2.38 bits per heavy atom. The van der Waals surface area contributed by atoms with Crippen molar-refractivity contribution >= 4 is 58.5 Å². The van der Waals surface area contributed by atoms with Crippen molar-refractivity contribution in [3.8, 4) is 5.69 Å². The van der Waals surface area contributed by atoms with Gasteiger partial charge in [0, 0.05) is 29.0 Å². The number of carbonyl (C=O) groups excluding carboxylic acids is 3. The lowest BCUT2D eigenvalue weighted by Crippen LogP contribution is -2.54. The number of amides is 4. The predicted octanol–water partition coefficient (Wildman–Crippen LogP) is 4.36. The number of nitrogens with zero attached hydrogens (tertiary/aromatic N) is 3. The molecule has 32 heavy (non-hydrogen) atoms. The van der Waals surface area contributed by atoms with Crippen LogP contribution >= 0.6 is 23.2 Å². The first-order valence-electron chi connectivity index (χ1n) is 9.05. The number of imide groups is 2. The van der Waals surface area contributed by atoms with E-state index >= 15 is 0 Å². The van der Waals surface area contributed by atoms with Crippen molar-refractivity contribution in [1.82, 2.24) is 9.88 Å². The highest BCUT2D eigenvalue weighted by atomic mass is 35.5. The van der Waals surface area contributed by atoms with Gasteiger partial charge in [0.1, 0.15) is 5.57 Å². The van der Waals surface area contributed by atoms with Crippen LogP contribution in [0.5, 0.6) is 0 Å². The number of halogens is 2. The Morgan fingerprint density at radius 1 is 1.00 bits per heavy atom. The van der Waals surface area contributed by atoms with Gasteiger partial charge in [-0.1, -0.05) is 23.2 Å². The molecule has 0 saturated carbocycles. The largest absolute Gasteiger partial charge is 0.335 e. The molecular formula is C21H12Cl2N4O5. The summed E-state index contributed by atoms with van der Waals surface area (Å²) in [7, 11) is 0. The summed E-state index contributed by atoms with van der Waals surface area (Å²) in [5, 5.41) is 13.6. The number of carbonyl (C=O) groups is 3. The molecule has 2 heterocycles. The molecule has 0 radical (unpaired) electrons. The lowest BCUT2D eigenvalue weighted by molar-refractivity contribution is -0.384. The molecular weight excluding hydrogens is 459 g/mol. The number of benzene rings is 2. The number of anilines is 1. The first kappa shape index (κ1) is 21.3. The van der Waals surface area contributed by atoms with Crippen LogP contribution in [-0.2, 0) is 9.59 Å². The molecule has 0 spiro atoms. The molecule has 2 aromatic carbocycles. The Labute approximate surface area is 190 Å². The van der Waals surface area contributed by atoms with Crippen LogP contribution in [0.1, 0.15) is 5.69 Å². The van der Waals surface area contributed by atoms with Crippen molar-refractivity contribution in [1.29, 1.82) is 0 Å². The van der Waals surface area contributed by atoms with Gasteiger partial charge in [-0.25, -0.2) is 9.69 Å². The van der Waals surface area contributed by atoms with Crippen molar-refractivity contribution in [2.75, 3.05) is 4.90 Å². The van der Waals surface area contributed by atoms with Crippen molar-refractivity contribution in [2.24, 2.45) is 0 Å². The highest BCUT2D eigenvalue weighted by Gasteiger charge is 2.37. The summed E-state index contributed by atoms with van der Waals surface area (Å²) in [4.78, 5) is 49.0. The first-order chi connectivity index (χ1) is 15.3. The highest BCUT2D eigenvalue weighted by Crippen LogP contribution is 2.28.